The molecule has 0 saturated carbocycles. The molecule has 2 heterocycles. The lowest BCUT2D eigenvalue weighted by molar-refractivity contribution is -0.134. The van der Waals surface area contributed by atoms with Gasteiger partial charge in [-0.2, -0.15) is 0 Å². The van der Waals surface area contributed by atoms with Crippen molar-refractivity contribution in [2.24, 2.45) is 0 Å². The standard InChI is InChI=1S/C24H32N2O/c27-24(19-21-11-8-10-20-9-2-3-13-23(20)21)26-17-7-4-12-22(26)14-18-25-15-5-1-6-16-25/h2-3,8-11,13,22H,1,4-7,12,14-19H2. The van der Waals surface area contributed by atoms with E-state index in [2.05, 4.69) is 52.3 Å². The highest BCUT2D eigenvalue weighted by Gasteiger charge is 2.27. The van der Waals surface area contributed by atoms with Crippen molar-refractivity contribution in [3.8, 4) is 0 Å². The SMILES string of the molecule is O=C(Cc1cccc2ccccc12)N1CCCCC1CCN1CCCCC1. The van der Waals surface area contributed by atoms with Gasteiger partial charge in [-0.15, -0.1) is 0 Å². The largest absolute Gasteiger partial charge is 0.339 e. The fourth-order valence-electron chi connectivity index (χ4n) is 4.85. The van der Waals surface area contributed by atoms with E-state index >= 15 is 0 Å². The first kappa shape index (κ1) is 18.5. The Morgan fingerprint density at radius 3 is 2.56 bits per heavy atom. The average molecular weight is 365 g/mol. The second-order valence-electron chi connectivity index (χ2n) is 8.24. The van der Waals surface area contributed by atoms with Gasteiger partial charge in [0, 0.05) is 19.1 Å². The second kappa shape index (κ2) is 8.88. The van der Waals surface area contributed by atoms with Crippen LogP contribution in [0, 0.1) is 0 Å². The van der Waals surface area contributed by atoms with Gasteiger partial charge in [0.05, 0.1) is 6.42 Å². The van der Waals surface area contributed by atoms with Crippen molar-refractivity contribution in [3.63, 3.8) is 0 Å². The number of piperidine rings is 2. The predicted octanol–water partition coefficient (Wildman–Crippen LogP) is 4.64. The number of hydrogen-bond donors (Lipinski definition) is 0. The van der Waals surface area contributed by atoms with Crippen LogP contribution in [0.1, 0.15) is 50.5 Å². The highest BCUT2D eigenvalue weighted by molar-refractivity contribution is 5.90. The molecule has 1 amide bonds. The third kappa shape index (κ3) is 4.52. The van der Waals surface area contributed by atoms with Crippen LogP contribution < -0.4 is 0 Å². The maximum Gasteiger partial charge on any atom is 0.227 e. The van der Waals surface area contributed by atoms with Crippen molar-refractivity contribution in [3.05, 3.63) is 48.0 Å². The number of rotatable bonds is 5. The van der Waals surface area contributed by atoms with Crippen LogP contribution >= 0.6 is 0 Å². The molecule has 2 aliphatic rings. The first-order chi connectivity index (χ1) is 13.3. The summed E-state index contributed by atoms with van der Waals surface area (Å²) in [6.07, 6.45) is 9.33. The van der Waals surface area contributed by atoms with Gasteiger partial charge in [0.15, 0.2) is 0 Å². The minimum Gasteiger partial charge on any atom is -0.339 e. The van der Waals surface area contributed by atoms with Gasteiger partial charge in [-0.25, -0.2) is 0 Å². The van der Waals surface area contributed by atoms with Crippen molar-refractivity contribution >= 4 is 16.7 Å². The molecule has 0 spiro atoms. The van der Waals surface area contributed by atoms with E-state index in [1.54, 1.807) is 0 Å². The normalized spacial score (nSPS) is 21.5. The van der Waals surface area contributed by atoms with Crippen molar-refractivity contribution in [1.29, 1.82) is 0 Å². The molecule has 1 unspecified atom stereocenters. The molecule has 0 radical (unpaired) electrons. The maximum absolute atomic E-state index is 13.2. The van der Waals surface area contributed by atoms with Gasteiger partial charge in [-0.05, 0) is 68.0 Å². The molecule has 2 aromatic rings. The molecule has 2 aliphatic heterocycles. The van der Waals surface area contributed by atoms with Crippen LogP contribution in [-0.2, 0) is 11.2 Å². The van der Waals surface area contributed by atoms with E-state index in [1.807, 2.05) is 0 Å². The van der Waals surface area contributed by atoms with Crippen LogP contribution in [0.2, 0.25) is 0 Å². The number of benzene rings is 2. The van der Waals surface area contributed by atoms with Gasteiger partial charge in [0.25, 0.3) is 0 Å². The lowest BCUT2D eigenvalue weighted by atomic mass is 9.96. The third-order valence-electron chi connectivity index (χ3n) is 6.40. The zero-order valence-corrected chi connectivity index (χ0v) is 16.4. The van der Waals surface area contributed by atoms with E-state index in [4.69, 9.17) is 0 Å². The van der Waals surface area contributed by atoms with Crippen molar-refractivity contribution in [2.75, 3.05) is 26.2 Å². The summed E-state index contributed by atoms with van der Waals surface area (Å²) in [4.78, 5) is 18.0. The summed E-state index contributed by atoms with van der Waals surface area (Å²) in [7, 11) is 0. The van der Waals surface area contributed by atoms with Crippen molar-refractivity contribution in [2.45, 2.75) is 57.4 Å². The molecule has 0 bridgehead atoms. The molecular weight excluding hydrogens is 332 g/mol. The molecule has 2 saturated heterocycles. The van der Waals surface area contributed by atoms with Crippen molar-refractivity contribution in [1.82, 2.24) is 9.80 Å². The molecule has 3 heteroatoms. The van der Waals surface area contributed by atoms with Crippen LogP contribution in [0.25, 0.3) is 10.8 Å². The Kier molecular flexibility index (Phi) is 6.08. The Hall–Kier alpha value is -1.87. The molecule has 2 aromatic carbocycles. The Morgan fingerprint density at radius 1 is 0.889 bits per heavy atom. The monoisotopic (exact) mass is 364 g/mol. The van der Waals surface area contributed by atoms with Gasteiger partial charge in [0.2, 0.25) is 5.91 Å². The number of amides is 1. The lowest BCUT2D eigenvalue weighted by Gasteiger charge is -2.37. The van der Waals surface area contributed by atoms with Crippen LogP contribution in [0.3, 0.4) is 0 Å². The first-order valence-corrected chi connectivity index (χ1v) is 10.8. The van der Waals surface area contributed by atoms with Gasteiger partial charge < -0.3 is 9.80 Å². The number of carbonyl (C=O) groups excluding carboxylic acids is 1. The quantitative estimate of drug-likeness (QED) is 0.772. The Balaban J connectivity index is 1.42. The minimum absolute atomic E-state index is 0.315. The van der Waals surface area contributed by atoms with Crippen LogP contribution in [0.4, 0.5) is 0 Å². The van der Waals surface area contributed by atoms with E-state index in [0.717, 1.165) is 25.9 Å². The number of nitrogens with zero attached hydrogens (tertiary/aromatic N) is 2. The molecule has 3 nitrogen and oxygen atoms in total. The molecule has 0 aliphatic carbocycles. The predicted molar refractivity (Wildman–Crippen MR) is 112 cm³/mol. The highest BCUT2D eigenvalue weighted by Crippen LogP contribution is 2.24. The van der Waals surface area contributed by atoms with Gasteiger partial charge in [0.1, 0.15) is 0 Å². The fraction of sp³-hybridized carbons (Fsp3) is 0.542. The van der Waals surface area contributed by atoms with Gasteiger partial charge >= 0.3 is 0 Å². The van der Waals surface area contributed by atoms with E-state index < -0.39 is 0 Å². The summed E-state index contributed by atoms with van der Waals surface area (Å²) in [6.45, 7) is 4.59. The van der Waals surface area contributed by atoms with E-state index in [-0.39, 0.29) is 0 Å². The number of likely N-dealkylation sites (tertiary alicyclic amines) is 2. The van der Waals surface area contributed by atoms with Gasteiger partial charge in [-0.3, -0.25) is 4.79 Å². The summed E-state index contributed by atoms with van der Waals surface area (Å²) in [5, 5.41) is 2.44. The number of hydrogen-bond acceptors (Lipinski definition) is 2. The summed E-state index contributed by atoms with van der Waals surface area (Å²) in [5.74, 6) is 0.315. The molecule has 2 fully saturated rings. The molecule has 144 valence electrons. The van der Waals surface area contributed by atoms with Crippen LogP contribution in [-0.4, -0.2) is 47.9 Å². The Bertz CT molecular complexity index is 761. The van der Waals surface area contributed by atoms with Crippen LogP contribution in [0.15, 0.2) is 42.5 Å². The summed E-state index contributed by atoms with van der Waals surface area (Å²) in [5.41, 5.74) is 1.17. The van der Waals surface area contributed by atoms with E-state index in [0.29, 0.717) is 18.4 Å². The third-order valence-corrected chi connectivity index (χ3v) is 6.40. The van der Waals surface area contributed by atoms with Gasteiger partial charge in [-0.1, -0.05) is 48.9 Å². The highest BCUT2D eigenvalue weighted by atomic mass is 16.2. The molecule has 1 atom stereocenters. The van der Waals surface area contributed by atoms with Crippen LogP contribution in [0.5, 0.6) is 0 Å². The average Bonchev–Trinajstić information content (AvgIpc) is 2.73. The molecule has 0 N–H and O–H groups in total. The van der Waals surface area contributed by atoms with Crippen molar-refractivity contribution < 1.29 is 4.79 Å². The van der Waals surface area contributed by atoms with E-state index in [1.165, 1.54) is 61.5 Å². The zero-order valence-electron chi connectivity index (χ0n) is 16.4. The molecular formula is C24H32N2O. The smallest absolute Gasteiger partial charge is 0.227 e. The maximum atomic E-state index is 13.2. The Morgan fingerprint density at radius 2 is 1.67 bits per heavy atom. The molecule has 0 aromatic heterocycles. The molecule has 27 heavy (non-hydrogen) atoms. The fourth-order valence-corrected chi connectivity index (χ4v) is 4.85. The summed E-state index contributed by atoms with van der Waals surface area (Å²) < 4.78 is 0. The van der Waals surface area contributed by atoms with E-state index in [9.17, 15) is 4.79 Å². The summed E-state index contributed by atoms with van der Waals surface area (Å²) in [6, 6.07) is 15.2. The first-order valence-electron chi connectivity index (χ1n) is 10.8. The topological polar surface area (TPSA) is 23.6 Å². The second-order valence-corrected chi connectivity index (χ2v) is 8.24. The summed E-state index contributed by atoms with van der Waals surface area (Å²) >= 11 is 0. The number of carbonyl (C=O) groups is 1. The zero-order chi connectivity index (χ0) is 18.5. The minimum atomic E-state index is 0.315. The molecule has 4 rings (SSSR count). The lowest BCUT2D eigenvalue weighted by Crippen LogP contribution is -2.46. The number of fused-ring (bicyclic) bond motifs is 1. The Labute approximate surface area is 163 Å².